The van der Waals surface area contributed by atoms with Crippen molar-refractivity contribution >= 4 is 5.97 Å². The lowest BCUT2D eigenvalue weighted by atomic mass is 10.2. The van der Waals surface area contributed by atoms with Crippen LogP contribution in [0.5, 0.6) is 0 Å². The first-order valence-electron chi connectivity index (χ1n) is 9.26. The summed E-state index contributed by atoms with van der Waals surface area (Å²) < 4.78 is 13.0. The summed E-state index contributed by atoms with van der Waals surface area (Å²) in [6.07, 6.45) is -0.689. The van der Waals surface area contributed by atoms with Crippen molar-refractivity contribution in [3.8, 4) is 17.1 Å². The van der Waals surface area contributed by atoms with E-state index in [0.29, 0.717) is 22.8 Å². The van der Waals surface area contributed by atoms with Crippen molar-refractivity contribution in [2.24, 2.45) is 0 Å². The van der Waals surface area contributed by atoms with Gasteiger partial charge in [-0.05, 0) is 45.0 Å². The molecule has 0 spiro atoms. The molecule has 29 heavy (non-hydrogen) atoms. The van der Waals surface area contributed by atoms with Gasteiger partial charge in [0, 0.05) is 5.56 Å². The molecule has 0 N–H and O–H groups in total. The summed E-state index contributed by atoms with van der Waals surface area (Å²) in [6, 6.07) is 19.1. The molecule has 2 aromatic carbocycles. The van der Waals surface area contributed by atoms with Gasteiger partial charge >= 0.3 is 5.97 Å². The van der Waals surface area contributed by atoms with Crippen LogP contribution in [0.2, 0.25) is 0 Å². The Balaban J connectivity index is 1.54. The Hall–Kier alpha value is -3.74. The molecule has 7 heteroatoms. The van der Waals surface area contributed by atoms with Crippen molar-refractivity contribution in [1.29, 1.82) is 0 Å². The number of carbonyl (C=O) groups excluding carboxylic acids is 1. The maximum atomic E-state index is 12.8. The highest BCUT2D eigenvalue weighted by molar-refractivity contribution is 5.92. The van der Waals surface area contributed by atoms with E-state index >= 15 is 0 Å². The quantitative estimate of drug-likeness (QED) is 0.470. The van der Waals surface area contributed by atoms with Crippen molar-refractivity contribution < 1.29 is 13.9 Å². The van der Waals surface area contributed by atoms with Crippen LogP contribution >= 0.6 is 0 Å². The van der Waals surface area contributed by atoms with Crippen LogP contribution < -0.4 is 0 Å². The molecule has 4 rings (SSSR count). The molecule has 0 bridgehead atoms. The molecule has 2 heterocycles. The number of aryl methyl sites for hydroxylation is 1. The van der Waals surface area contributed by atoms with Crippen LogP contribution in [0.25, 0.3) is 17.1 Å². The minimum atomic E-state index is -0.689. The third kappa shape index (κ3) is 3.67. The number of ether oxygens (including phenoxy) is 1. The van der Waals surface area contributed by atoms with Gasteiger partial charge in [-0.1, -0.05) is 36.4 Å². The van der Waals surface area contributed by atoms with Crippen molar-refractivity contribution in [1.82, 2.24) is 20.0 Å². The Morgan fingerprint density at radius 1 is 1.00 bits per heavy atom. The zero-order chi connectivity index (χ0) is 20.4. The molecular formula is C22H20N4O3. The topological polar surface area (TPSA) is 83.0 Å². The Morgan fingerprint density at radius 3 is 2.34 bits per heavy atom. The SMILES string of the molecule is Cc1nn(-c2ccccc2)c(C)c1C(=O)OC(C)c1nnc(-c2ccccc2)o1. The van der Waals surface area contributed by atoms with Crippen LogP contribution in [0, 0.1) is 13.8 Å². The number of nitrogens with zero attached hydrogens (tertiary/aromatic N) is 4. The van der Waals surface area contributed by atoms with E-state index in [1.165, 1.54) is 0 Å². The fraction of sp³-hybridized carbons (Fsp3) is 0.182. The number of esters is 1. The highest BCUT2D eigenvalue weighted by Crippen LogP contribution is 2.25. The zero-order valence-electron chi connectivity index (χ0n) is 16.4. The highest BCUT2D eigenvalue weighted by Gasteiger charge is 2.25. The first kappa shape index (κ1) is 18.6. The van der Waals surface area contributed by atoms with Gasteiger partial charge in [-0.3, -0.25) is 0 Å². The van der Waals surface area contributed by atoms with Gasteiger partial charge in [-0.15, -0.1) is 10.2 Å². The van der Waals surface area contributed by atoms with E-state index < -0.39 is 12.1 Å². The largest absolute Gasteiger partial charge is 0.449 e. The summed E-state index contributed by atoms with van der Waals surface area (Å²) in [7, 11) is 0. The minimum Gasteiger partial charge on any atom is -0.449 e. The van der Waals surface area contributed by atoms with E-state index in [9.17, 15) is 4.79 Å². The molecule has 1 unspecified atom stereocenters. The average Bonchev–Trinajstić information content (AvgIpc) is 3.34. The van der Waals surface area contributed by atoms with Crippen molar-refractivity contribution in [3.05, 3.63) is 83.5 Å². The van der Waals surface area contributed by atoms with Gasteiger partial charge in [0.25, 0.3) is 5.89 Å². The van der Waals surface area contributed by atoms with Crippen LogP contribution in [-0.4, -0.2) is 25.9 Å². The van der Waals surface area contributed by atoms with Gasteiger partial charge in [0.1, 0.15) is 5.56 Å². The molecule has 0 fully saturated rings. The Kier molecular flexibility index (Phi) is 4.95. The lowest BCUT2D eigenvalue weighted by molar-refractivity contribution is 0.0278. The summed E-state index contributed by atoms with van der Waals surface area (Å²) in [5, 5.41) is 12.6. The normalized spacial score (nSPS) is 12.0. The zero-order valence-corrected chi connectivity index (χ0v) is 16.4. The van der Waals surface area contributed by atoms with Gasteiger partial charge in [0.2, 0.25) is 5.89 Å². The summed E-state index contributed by atoms with van der Waals surface area (Å²) in [5.74, 6) is 0.143. The molecule has 2 aromatic heterocycles. The lowest BCUT2D eigenvalue weighted by Gasteiger charge is -2.10. The van der Waals surface area contributed by atoms with Gasteiger partial charge in [0.05, 0.1) is 17.1 Å². The van der Waals surface area contributed by atoms with Gasteiger partial charge in [0.15, 0.2) is 6.10 Å². The number of hydrogen-bond donors (Lipinski definition) is 0. The van der Waals surface area contributed by atoms with E-state index in [4.69, 9.17) is 9.15 Å². The van der Waals surface area contributed by atoms with E-state index in [1.807, 2.05) is 67.6 Å². The van der Waals surface area contributed by atoms with Crippen molar-refractivity contribution in [2.75, 3.05) is 0 Å². The number of para-hydroxylation sites is 1. The molecule has 0 aliphatic rings. The molecule has 146 valence electrons. The maximum absolute atomic E-state index is 12.8. The average molecular weight is 388 g/mol. The Labute approximate surface area is 168 Å². The monoisotopic (exact) mass is 388 g/mol. The fourth-order valence-electron chi connectivity index (χ4n) is 3.12. The highest BCUT2D eigenvalue weighted by atomic mass is 16.6. The molecular weight excluding hydrogens is 368 g/mol. The van der Waals surface area contributed by atoms with Gasteiger partial charge in [-0.2, -0.15) is 5.10 Å². The van der Waals surface area contributed by atoms with Crippen LogP contribution in [0.15, 0.2) is 65.1 Å². The second-order valence-corrected chi connectivity index (χ2v) is 6.65. The third-order valence-electron chi connectivity index (χ3n) is 4.59. The standard InChI is InChI=1S/C22H20N4O3/c1-14-19(15(2)26(25-14)18-12-8-5-9-13-18)22(27)28-16(3)20-23-24-21(29-20)17-10-6-4-7-11-17/h4-13,16H,1-3H3. The number of aromatic nitrogens is 4. The lowest BCUT2D eigenvalue weighted by Crippen LogP contribution is -2.11. The molecule has 0 amide bonds. The summed E-state index contributed by atoms with van der Waals surface area (Å²) >= 11 is 0. The second-order valence-electron chi connectivity index (χ2n) is 6.65. The molecule has 0 radical (unpaired) electrons. The first-order chi connectivity index (χ1) is 14.0. The van der Waals surface area contributed by atoms with Crippen LogP contribution in [-0.2, 0) is 4.74 Å². The van der Waals surface area contributed by atoms with E-state index in [2.05, 4.69) is 15.3 Å². The molecule has 7 nitrogen and oxygen atoms in total. The van der Waals surface area contributed by atoms with Crippen molar-refractivity contribution in [2.45, 2.75) is 26.9 Å². The summed E-state index contributed by atoms with van der Waals surface area (Å²) in [6.45, 7) is 5.33. The minimum absolute atomic E-state index is 0.239. The van der Waals surface area contributed by atoms with Crippen LogP contribution in [0.1, 0.15) is 40.7 Å². The maximum Gasteiger partial charge on any atom is 0.342 e. The second kappa shape index (κ2) is 7.71. The van der Waals surface area contributed by atoms with Gasteiger partial charge in [-0.25, -0.2) is 9.48 Å². The number of rotatable bonds is 5. The molecule has 0 saturated heterocycles. The molecule has 0 aliphatic carbocycles. The number of benzene rings is 2. The van der Waals surface area contributed by atoms with E-state index in [1.54, 1.807) is 18.5 Å². The van der Waals surface area contributed by atoms with Crippen LogP contribution in [0.4, 0.5) is 0 Å². The first-order valence-corrected chi connectivity index (χ1v) is 9.26. The van der Waals surface area contributed by atoms with E-state index in [-0.39, 0.29) is 5.89 Å². The molecule has 0 saturated carbocycles. The molecule has 0 aliphatic heterocycles. The Bertz CT molecular complexity index is 1130. The van der Waals surface area contributed by atoms with E-state index in [0.717, 1.165) is 11.3 Å². The number of hydrogen-bond acceptors (Lipinski definition) is 6. The predicted molar refractivity (Wildman–Crippen MR) is 107 cm³/mol. The van der Waals surface area contributed by atoms with Gasteiger partial charge < -0.3 is 9.15 Å². The van der Waals surface area contributed by atoms with Crippen LogP contribution in [0.3, 0.4) is 0 Å². The fourth-order valence-corrected chi connectivity index (χ4v) is 3.12. The Morgan fingerprint density at radius 2 is 1.66 bits per heavy atom. The smallest absolute Gasteiger partial charge is 0.342 e. The summed E-state index contributed by atoms with van der Waals surface area (Å²) in [4.78, 5) is 12.8. The third-order valence-corrected chi connectivity index (χ3v) is 4.59. The number of carbonyl (C=O) groups is 1. The molecule has 1 atom stereocenters. The predicted octanol–water partition coefficient (Wildman–Crippen LogP) is 4.46. The van der Waals surface area contributed by atoms with Crippen molar-refractivity contribution in [3.63, 3.8) is 0 Å². The summed E-state index contributed by atoms with van der Waals surface area (Å²) in [5.41, 5.74) is 3.43. The molecule has 4 aromatic rings.